The predicted molar refractivity (Wildman–Crippen MR) is 91.6 cm³/mol. The summed E-state index contributed by atoms with van der Waals surface area (Å²) in [6.07, 6.45) is 5.09. The molecule has 0 bridgehead atoms. The molecule has 1 atom stereocenters. The zero-order valence-corrected chi connectivity index (χ0v) is 14.1. The lowest BCUT2D eigenvalue weighted by Gasteiger charge is -2.27. The summed E-state index contributed by atoms with van der Waals surface area (Å²) in [6, 6.07) is 10.0. The summed E-state index contributed by atoms with van der Waals surface area (Å²) in [4.78, 5) is 2.67. The highest BCUT2D eigenvalue weighted by Crippen LogP contribution is 2.25. The van der Waals surface area contributed by atoms with Crippen molar-refractivity contribution in [1.29, 1.82) is 0 Å². The van der Waals surface area contributed by atoms with Gasteiger partial charge >= 0.3 is 0 Å². The molecule has 118 valence electrons. The third-order valence-electron chi connectivity index (χ3n) is 4.61. The Morgan fingerprint density at radius 2 is 1.86 bits per heavy atom. The van der Waals surface area contributed by atoms with E-state index in [0.29, 0.717) is 0 Å². The normalized spacial score (nSPS) is 19.5. The zero-order valence-electron chi connectivity index (χ0n) is 14.1. The fraction of sp³-hybridized carbons (Fsp3) is 0.684. The molecule has 1 aromatic carbocycles. The number of hydrogen-bond donors (Lipinski definition) is 1. The number of benzene rings is 1. The van der Waals surface area contributed by atoms with Crippen LogP contribution in [0.3, 0.4) is 0 Å². The summed E-state index contributed by atoms with van der Waals surface area (Å²) in [5, 5.41) is 3.47. The van der Waals surface area contributed by atoms with Crippen molar-refractivity contribution < 1.29 is 0 Å². The van der Waals surface area contributed by atoms with Gasteiger partial charge in [-0.25, -0.2) is 0 Å². The Hall–Kier alpha value is -0.860. The lowest BCUT2D eigenvalue weighted by Crippen LogP contribution is -2.32. The number of rotatable bonds is 8. The lowest BCUT2D eigenvalue weighted by atomic mass is 10.0. The van der Waals surface area contributed by atoms with Crippen molar-refractivity contribution in [2.75, 3.05) is 19.6 Å². The van der Waals surface area contributed by atoms with Gasteiger partial charge < -0.3 is 5.32 Å². The molecule has 0 aromatic heterocycles. The first-order chi connectivity index (χ1) is 10.2. The SMILES string of the molecule is CCCNCCc1ccc(CN2CCCC2C(C)C)cc1. The van der Waals surface area contributed by atoms with E-state index in [1.54, 1.807) is 0 Å². The Balaban J connectivity index is 1.82. The highest BCUT2D eigenvalue weighted by atomic mass is 15.2. The van der Waals surface area contributed by atoms with Gasteiger partial charge in [-0.15, -0.1) is 0 Å². The Morgan fingerprint density at radius 3 is 2.52 bits per heavy atom. The minimum Gasteiger partial charge on any atom is -0.316 e. The number of hydrogen-bond acceptors (Lipinski definition) is 2. The van der Waals surface area contributed by atoms with E-state index in [1.165, 1.54) is 36.9 Å². The van der Waals surface area contributed by atoms with Gasteiger partial charge in [0.25, 0.3) is 0 Å². The Kier molecular flexibility index (Phi) is 6.72. The molecule has 2 heteroatoms. The molecule has 0 spiro atoms. The average Bonchev–Trinajstić information content (AvgIpc) is 2.94. The molecule has 1 unspecified atom stereocenters. The van der Waals surface area contributed by atoms with Crippen LogP contribution >= 0.6 is 0 Å². The van der Waals surface area contributed by atoms with Crippen LogP contribution in [0.1, 0.15) is 51.2 Å². The quantitative estimate of drug-likeness (QED) is 0.731. The van der Waals surface area contributed by atoms with Crippen molar-refractivity contribution in [2.24, 2.45) is 5.92 Å². The third kappa shape index (κ3) is 5.12. The minimum absolute atomic E-state index is 0.774. The van der Waals surface area contributed by atoms with Crippen LogP contribution in [0.15, 0.2) is 24.3 Å². The van der Waals surface area contributed by atoms with Crippen LogP contribution in [0.5, 0.6) is 0 Å². The van der Waals surface area contributed by atoms with Gasteiger partial charge in [-0.1, -0.05) is 45.0 Å². The summed E-state index contributed by atoms with van der Waals surface area (Å²) in [7, 11) is 0. The molecule has 0 saturated carbocycles. The van der Waals surface area contributed by atoms with Crippen molar-refractivity contribution in [3.05, 3.63) is 35.4 Å². The third-order valence-corrected chi connectivity index (χ3v) is 4.61. The molecule has 2 rings (SSSR count). The van der Waals surface area contributed by atoms with E-state index in [-0.39, 0.29) is 0 Å². The topological polar surface area (TPSA) is 15.3 Å². The Bertz CT molecular complexity index is 397. The highest BCUT2D eigenvalue weighted by Gasteiger charge is 2.26. The summed E-state index contributed by atoms with van der Waals surface area (Å²) in [5.41, 5.74) is 2.91. The van der Waals surface area contributed by atoms with Crippen LogP contribution in [-0.2, 0) is 13.0 Å². The molecular weight excluding hydrogens is 256 g/mol. The van der Waals surface area contributed by atoms with Gasteiger partial charge in [0.15, 0.2) is 0 Å². The second kappa shape index (κ2) is 8.55. The maximum Gasteiger partial charge on any atom is 0.0236 e. The first kappa shape index (κ1) is 16.5. The summed E-state index contributed by atoms with van der Waals surface area (Å²) in [6.45, 7) is 11.5. The molecule has 0 amide bonds. The summed E-state index contributed by atoms with van der Waals surface area (Å²) < 4.78 is 0. The molecule has 1 aromatic rings. The van der Waals surface area contributed by atoms with Crippen LogP contribution in [0, 0.1) is 5.92 Å². The molecule has 1 heterocycles. The van der Waals surface area contributed by atoms with E-state index in [0.717, 1.165) is 38.0 Å². The number of nitrogens with one attached hydrogen (secondary N) is 1. The van der Waals surface area contributed by atoms with E-state index >= 15 is 0 Å². The van der Waals surface area contributed by atoms with Gasteiger partial charge in [-0.05, 0) is 62.4 Å². The number of likely N-dealkylation sites (tertiary alicyclic amines) is 1. The fourth-order valence-corrected chi connectivity index (χ4v) is 3.38. The maximum atomic E-state index is 3.47. The lowest BCUT2D eigenvalue weighted by molar-refractivity contribution is 0.199. The van der Waals surface area contributed by atoms with Crippen molar-refractivity contribution in [2.45, 2.75) is 59.0 Å². The predicted octanol–water partition coefficient (Wildman–Crippen LogP) is 3.85. The highest BCUT2D eigenvalue weighted by molar-refractivity contribution is 5.23. The van der Waals surface area contributed by atoms with E-state index in [9.17, 15) is 0 Å². The van der Waals surface area contributed by atoms with Gasteiger partial charge in [0.05, 0.1) is 0 Å². The van der Waals surface area contributed by atoms with E-state index in [1.807, 2.05) is 0 Å². The van der Waals surface area contributed by atoms with Gasteiger partial charge in [0, 0.05) is 12.6 Å². The van der Waals surface area contributed by atoms with Gasteiger partial charge in [0.1, 0.15) is 0 Å². The van der Waals surface area contributed by atoms with Crippen LogP contribution in [0.4, 0.5) is 0 Å². The van der Waals surface area contributed by atoms with E-state index < -0.39 is 0 Å². The van der Waals surface area contributed by atoms with Crippen molar-refractivity contribution in [3.8, 4) is 0 Å². The molecule has 1 saturated heterocycles. The molecule has 1 fully saturated rings. The fourth-order valence-electron chi connectivity index (χ4n) is 3.38. The zero-order chi connectivity index (χ0) is 15.1. The first-order valence-electron chi connectivity index (χ1n) is 8.73. The number of nitrogens with zero attached hydrogens (tertiary/aromatic N) is 1. The van der Waals surface area contributed by atoms with Crippen LogP contribution < -0.4 is 5.32 Å². The first-order valence-corrected chi connectivity index (χ1v) is 8.73. The minimum atomic E-state index is 0.774. The molecule has 1 aliphatic rings. The second-order valence-electron chi connectivity index (χ2n) is 6.74. The monoisotopic (exact) mass is 288 g/mol. The van der Waals surface area contributed by atoms with Crippen molar-refractivity contribution >= 4 is 0 Å². The van der Waals surface area contributed by atoms with Gasteiger partial charge in [-0.2, -0.15) is 0 Å². The summed E-state index contributed by atoms with van der Waals surface area (Å²) >= 11 is 0. The smallest absolute Gasteiger partial charge is 0.0236 e. The molecule has 1 aliphatic heterocycles. The van der Waals surface area contributed by atoms with Gasteiger partial charge in [-0.3, -0.25) is 4.90 Å². The Morgan fingerprint density at radius 1 is 1.14 bits per heavy atom. The molecule has 0 radical (unpaired) electrons. The van der Waals surface area contributed by atoms with E-state index in [2.05, 4.69) is 55.3 Å². The molecule has 1 N–H and O–H groups in total. The maximum absolute atomic E-state index is 3.47. The van der Waals surface area contributed by atoms with Crippen LogP contribution in [0.25, 0.3) is 0 Å². The van der Waals surface area contributed by atoms with Crippen LogP contribution in [0.2, 0.25) is 0 Å². The molecule has 2 nitrogen and oxygen atoms in total. The van der Waals surface area contributed by atoms with E-state index in [4.69, 9.17) is 0 Å². The standard InChI is InChI=1S/C19H32N2/c1-4-12-20-13-11-17-7-9-18(10-8-17)15-21-14-5-6-19(21)16(2)3/h7-10,16,19-20H,4-6,11-15H2,1-3H3. The molecular formula is C19H32N2. The Labute approximate surface area is 130 Å². The molecule has 0 aliphatic carbocycles. The van der Waals surface area contributed by atoms with Gasteiger partial charge in [0.2, 0.25) is 0 Å². The average molecular weight is 288 g/mol. The van der Waals surface area contributed by atoms with Crippen molar-refractivity contribution in [1.82, 2.24) is 10.2 Å². The summed E-state index contributed by atoms with van der Waals surface area (Å²) in [5.74, 6) is 0.774. The van der Waals surface area contributed by atoms with Crippen molar-refractivity contribution in [3.63, 3.8) is 0 Å². The second-order valence-corrected chi connectivity index (χ2v) is 6.74. The van der Waals surface area contributed by atoms with Crippen LogP contribution in [-0.4, -0.2) is 30.6 Å². The largest absolute Gasteiger partial charge is 0.316 e. The molecule has 21 heavy (non-hydrogen) atoms.